The molecule has 4 aliphatic carbocycles. The van der Waals surface area contributed by atoms with Crippen molar-refractivity contribution in [3.63, 3.8) is 0 Å². The maximum absolute atomic E-state index is 13.0. The van der Waals surface area contributed by atoms with Gasteiger partial charge in [-0.3, -0.25) is 9.59 Å². The molecule has 0 spiro atoms. The molecule has 1 heterocycles. The number of amides is 2. The van der Waals surface area contributed by atoms with Gasteiger partial charge in [0.15, 0.2) is 0 Å². The van der Waals surface area contributed by atoms with Crippen LogP contribution in [0.5, 0.6) is 0 Å². The molecule has 1 saturated heterocycles. The fourth-order valence-electron chi connectivity index (χ4n) is 7.15. The molecule has 5 aliphatic rings. The number of hydrogen-bond donors (Lipinski definition) is 2. The maximum atomic E-state index is 13.0. The van der Waals surface area contributed by atoms with Crippen molar-refractivity contribution in [2.24, 2.45) is 23.2 Å². The van der Waals surface area contributed by atoms with Gasteiger partial charge in [0.25, 0.3) is 0 Å². The van der Waals surface area contributed by atoms with Crippen LogP contribution in [0.4, 0.5) is 0 Å². The number of nitrogens with zero attached hydrogens (tertiary/aromatic N) is 1. The van der Waals surface area contributed by atoms with Crippen LogP contribution in [0, 0.1) is 23.2 Å². The van der Waals surface area contributed by atoms with E-state index in [9.17, 15) is 9.59 Å². The number of carbonyl (C=O) groups excluding carboxylic acids is 2. The molecular weight excluding hydrogens is 374 g/mol. The van der Waals surface area contributed by atoms with Crippen molar-refractivity contribution < 1.29 is 14.5 Å². The topological polar surface area (TPSA) is 53.9 Å². The van der Waals surface area contributed by atoms with Crippen molar-refractivity contribution in [1.29, 1.82) is 0 Å². The van der Waals surface area contributed by atoms with E-state index in [1.54, 1.807) is 4.90 Å². The molecule has 0 aromatic heterocycles. The minimum atomic E-state index is -0.107. The van der Waals surface area contributed by atoms with Gasteiger partial charge < -0.3 is 15.1 Å². The predicted octanol–water partition coefficient (Wildman–Crippen LogP) is 1.64. The summed E-state index contributed by atoms with van der Waals surface area (Å²) in [5, 5.41) is 3.16. The molecule has 4 bridgehead atoms. The van der Waals surface area contributed by atoms with Crippen LogP contribution in [-0.4, -0.2) is 49.4 Å². The first-order chi connectivity index (χ1) is 14.6. The Bertz CT molecular complexity index is 735. The summed E-state index contributed by atoms with van der Waals surface area (Å²) < 4.78 is 0. The van der Waals surface area contributed by atoms with Crippen LogP contribution in [-0.2, 0) is 16.1 Å². The summed E-state index contributed by atoms with van der Waals surface area (Å²) in [7, 11) is 0. The monoisotopic (exact) mass is 410 g/mol. The summed E-state index contributed by atoms with van der Waals surface area (Å²) in [6.07, 6.45) is 7.75. The van der Waals surface area contributed by atoms with Crippen LogP contribution < -0.4 is 10.2 Å². The van der Waals surface area contributed by atoms with E-state index in [0.717, 1.165) is 69.7 Å². The molecule has 0 atom stereocenters. The van der Waals surface area contributed by atoms with Gasteiger partial charge in [0.2, 0.25) is 11.8 Å². The number of rotatable bonds is 6. The highest BCUT2D eigenvalue weighted by molar-refractivity contribution is 5.84. The van der Waals surface area contributed by atoms with E-state index in [4.69, 9.17) is 0 Å². The molecule has 5 fully saturated rings. The van der Waals surface area contributed by atoms with Gasteiger partial charge in [-0.25, -0.2) is 0 Å². The Morgan fingerprint density at radius 3 is 2.17 bits per heavy atom. The molecule has 1 aliphatic heterocycles. The highest BCUT2D eigenvalue weighted by atomic mass is 16.2. The Kier molecular flexibility index (Phi) is 5.57. The smallest absolute Gasteiger partial charge is 0.226 e. The molecule has 0 radical (unpaired) electrons. The summed E-state index contributed by atoms with van der Waals surface area (Å²) in [5.41, 5.74) is 1.25. The number of benzene rings is 1. The molecule has 2 amide bonds. The fourth-order valence-corrected chi connectivity index (χ4v) is 7.15. The van der Waals surface area contributed by atoms with Gasteiger partial charge in [-0.2, -0.15) is 0 Å². The van der Waals surface area contributed by atoms with Crippen LogP contribution in [0.1, 0.15) is 50.5 Å². The van der Waals surface area contributed by atoms with Crippen LogP contribution >= 0.6 is 0 Å². The van der Waals surface area contributed by atoms with Crippen molar-refractivity contribution >= 4 is 11.8 Å². The molecule has 2 N–H and O–H groups in total. The number of hydrogen-bond acceptors (Lipinski definition) is 2. The van der Waals surface area contributed by atoms with Crippen molar-refractivity contribution in [2.75, 3.05) is 32.7 Å². The Morgan fingerprint density at radius 2 is 1.57 bits per heavy atom. The predicted molar refractivity (Wildman–Crippen MR) is 116 cm³/mol. The Labute approximate surface area is 180 Å². The highest BCUT2D eigenvalue weighted by Crippen LogP contribution is 2.60. The van der Waals surface area contributed by atoms with E-state index in [1.165, 1.54) is 24.8 Å². The standard InChI is InChI=1S/C25H35N3O2/c29-23(28-10-8-27(9-11-28)18-19-4-2-1-3-5-19)6-7-26-24(30)25-15-20-12-21(16-25)14-22(13-20)17-25/h1-5,20-22H,6-18H2,(H,26,30)/p+1. The molecule has 162 valence electrons. The fraction of sp³-hybridized carbons (Fsp3) is 0.680. The van der Waals surface area contributed by atoms with Gasteiger partial charge in [-0.15, -0.1) is 0 Å². The third-order valence-electron chi connectivity index (χ3n) is 8.26. The quantitative estimate of drug-likeness (QED) is 0.749. The summed E-state index contributed by atoms with van der Waals surface area (Å²) >= 11 is 0. The van der Waals surface area contributed by atoms with Crippen molar-refractivity contribution in [3.8, 4) is 0 Å². The first-order valence-corrected chi connectivity index (χ1v) is 12.0. The lowest BCUT2D eigenvalue weighted by molar-refractivity contribution is -0.917. The average molecular weight is 411 g/mol. The van der Waals surface area contributed by atoms with E-state index in [0.29, 0.717) is 13.0 Å². The van der Waals surface area contributed by atoms with E-state index in [2.05, 4.69) is 35.6 Å². The summed E-state index contributed by atoms with van der Waals surface area (Å²) in [4.78, 5) is 29.2. The minimum absolute atomic E-state index is 0.107. The number of piperazine rings is 1. The lowest BCUT2D eigenvalue weighted by Crippen LogP contribution is -3.13. The molecule has 4 saturated carbocycles. The molecule has 1 aromatic rings. The molecular formula is C25H36N3O2+. The molecule has 0 unspecified atom stereocenters. The lowest BCUT2D eigenvalue weighted by Gasteiger charge is -2.55. The Hall–Kier alpha value is -1.88. The average Bonchev–Trinajstić information content (AvgIpc) is 2.74. The highest BCUT2D eigenvalue weighted by Gasteiger charge is 2.54. The molecule has 1 aromatic carbocycles. The van der Waals surface area contributed by atoms with Crippen LogP contribution in [0.25, 0.3) is 0 Å². The Balaban J connectivity index is 1.05. The normalized spacial score (nSPS) is 32.9. The second-order valence-corrected chi connectivity index (χ2v) is 10.5. The van der Waals surface area contributed by atoms with Crippen molar-refractivity contribution in [2.45, 2.75) is 51.5 Å². The summed E-state index contributed by atoms with van der Waals surface area (Å²) in [5.74, 6) is 2.76. The van der Waals surface area contributed by atoms with E-state index >= 15 is 0 Å². The van der Waals surface area contributed by atoms with Gasteiger partial charge in [0.1, 0.15) is 6.54 Å². The van der Waals surface area contributed by atoms with E-state index < -0.39 is 0 Å². The third kappa shape index (κ3) is 4.14. The lowest BCUT2D eigenvalue weighted by atomic mass is 9.49. The van der Waals surface area contributed by atoms with Gasteiger partial charge in [-0.1, -0.05) is 30.3 Å². The van der Waals surface area contributed by atoms with Crippen molar-refractivity contribution in [1.82, 2.24) is 10.2 Å². The molecule has 30 heavy (non-hydrogen) atoms. The second-order valence-electron chi connectivity index (χ2n) is 10.5. The van der Waals surface area contributed by atoms with Crippen LogP contribution in [0.15, 0.2) is 30.3 Å². The third-order valence-corrected chi connectivity index (χ3v) is 8.26. The number of nitrogens with one attached hydrogen (secondary N) is 2. The SMILES string of the molecule is O=C(CCNC(=O)C12CC3CC(CC(C3)C1)C2)N1CC[NH+](Cc2ccccc2)CC1. The van der Waals surface area contributed by atoms with Gasteiger partial charge in [0, 0.05) is 23.9 Å². The van der Waals surface area contributed by atoms with Gasteiger partial charge >= 0.3 is 0 Å². The minimum Gasteiger partial charge on any atom is -0.355 e. The van der Waals surface area contributed by atoms with E-state index in [1.807, 2.05) is 4.90 Å². The first-order valence-electron chi connectivity index (χ1n) is 12.0. The zero-order valence-electron chi connectivity index (χ0n) is 18.1. The first kappa shape index (κ1) is 20.0. The number of carbonyl (C=O) groups is 2. The number of quaternary nitrogens is 1. The second kappa shape index (κ2) is 8.33. The zero-order valence-corrected chi connectivity index (χ0v) is 18.1. The summed E-state index contributed by atoms with van der Waals surface area (Å²) in [6.45, 7) is 5.18. The maximum Gasteiger partial charge on any atom is 0.226 e. The molecule has 5 heteroatoms. The largest absolute Gasteiger partial charge is 0.355 e. The van der Waals surface area contributed by atoms with Crippen LogP contribution in [0.3, 0.4) is 0 Å². The molecule has 5 nitrogen and oxygen atoms in total. The van der Waals surface area contributed by atoms with Gasteiger partial charge in [-0.05, 0) is 56.3 Å². The summed E-state index contributed by atoms with van der Waals surface area (Å²) in [6, 6.07) is 10.6. The Morgan fingerprint density at radius 1 is 0.967 bits per heavy atom. The van der Waals surface area contributed by atoms with E-state index in [-0.39, 0.29) is 17.2 Å². The molecule has 6 rings (SSSR count). The zero-order chi connectivity index (χ0) is 20.6. The van der Waals surface area contributed by atoms with Crippen LogP contribution in [0.2, 0.25) is 0 Å². The van der Waals surface area contributed by atoms with Gasteiger partial charge in [0.05, 0.1) is 26.2 Å². The van der Waals surface area contributed by atoms with Crippen molar-refractivity contribution in [3.05, 3.63) is 35.9 Å².